The Morgan fingerprint density at radius 2 is 2.12 bits per heavy atom. The lowest BCUT2D eigenvalue weighted by Crippen LogP contribution is -2.54. The number of benzene rings is 1. The first-order chi connectivity index (χ1) is 11.8. The summed E-state index contributed by atoms with van der Waals surface area (Å²) in [6, 6.07) is 4.33. The van der Waals surface area contributed by atoms with Crippen LogP contribution in [-0.2, 0) is 9.59 Å². The number of urea groups is 1. The van der Waals surface area contributed by atoms with Crippen molar-refractivity contribution in [2.45, 2.75) is 38.1 Å². The van der Waals surface area contributed by atoms with E-state index < -0.39 is 17.5 Å². The van der Waals surface area contributed by atoms with Gasteiger partial charge in [0.15, 0.2) is 0 Å². The van der Waals surface area contributed by atoms with Crippen LogP contribution < -0.4 is 10.6 Å². The topological polar surface area (TPSA) is 78.5 Å². The van der Waals surface area contributed by atoms with Gasteiger partial charge in [-0.25, -0.2) is 4.79 Å². The van der Waals surface area contributed by atoms with Crippen LogP contribution in [-0.4, -0.2) is 34.8 Å². The van der Waals surface area contributed by atoms with Gasteiger partial charge in [0.2, 0.25) is 5.91 Å². The number of amides is 4. The Morgan fingerprint density at radius 1 is 1.36 bits per heavy atom. The molecule has 25 heavy (non-hydrogen) atoms. The second-order valence-electron chi connectivity index (χ2n) is 6.59. The summed E-state index contributed by atoms with van der Waals surface area (Å²) in [6.07, 6.45) is 3.41. The minimum atomic E-state index is -0.872. The molecule has 1 aromatic rings. The largest absolute Gasteiger partial charge is 0.325 e. The van der Waals surface area contributed by atoms with Crippen LogP contribution in [0.3, 0.4) is 0 Å². The van der Waals surface area contributed by atoms with E-state index in [4.69, 9.17) is 23.2 Å². The van der Waals surface area contributed by atoms with Gasteiger partial charge in [0.05, 0.1) is 15.7 Å². The first-order valence-corrected chi connectivity index (χ1v) is 8.99. The molecule has 3 rings (SSSR count). The number of halogens is 2. The van der Waals surface area contributed by atoms with Crippen LogP contribution in [0, 0.1) is 5.92 Å². The van der Waals surface area contributed by atoms with Crippen molar-refractivity contribution in [3.63, 3.8) is 0 Å². The van der Waals surface area contributed by atoms with Gasteiger partial charge in [-0.05, 0) is 30.9 Å². The monoisotopic (exact) mass is 383 g/mol. The van der Waals surface area contributed by atoms with Crippen molar-refractivity contribution in [3.05, 3.63) is 28.2 Å². The molecule has 2 atom stereocenters. The van der Waals surface area contributed by atoms with Gasteiger partial charge in [-0.15, -0.1) is 0 Å². The number of rotatable bonds is 3. The van der Waals surface area contributed by atoms with Gasteiger partial charge >= 0.3 is 6.03 Å². The van der Waals surface area contributed by atoms with E-state index in [1.54, 1.807) is 18.2 Å². The van der Waals surface area contributed by atoms with E-state index in [2.05, 4.69) is 10.6 Å². The van der Waals surface area contributed by atoms with Crippen molar-refractivity contribution in [1.82, 2.24) is 10.2 Å². The van der Waals surface area contributed by atoms with Gasteiger partial charge in [0, 0.05) is 0 Å². The van der Waals surface area contributed by atoms with Crippen molar-refractivity contribution in [3.8, 4) is 0 Å². The Labute approximate surface area is 155 Å². The molecule has 2 fully saturated rings. The summed E-state index contributed by atoms with van der Waals surface area (Å²) in [5, 5.41) is 5.94. The highest BCUT2D eigenvalue weighted by atomic mass is 35.5. The number of anilines is 1. The van der Waals surface area contributed by atoms with Crippen molar-refractivity contribution in [2.24, 2.45) is 5.92 Å². The number of nitrogens with one attached hydrogen (secondary N) is 2. The van der Waals surface area contributed by atoms with Gasteiger partial charge in [-0.1, -0.05) is 49.0 Å². The summed E-state index contributed by atoms with van der Waals surface area (Å²) in [6.45, 7) is 1.61. The van der Waals surface area contributed by atoms with E-state index in [9.17, 15) is 14.4 Å². The third-order valence-corrected chi connectivity index (χ3v) is 5.85. The van der Waals surface area contributed by atoms with E-state index in [0.717, 1.165) is 24.2 Å². The SMILES string of the molecule is C[C@H]1CCCC[C@@]12NC(=O)N(CC(=O)Nc1cccc(Cl)c1Cl)C2=O. The van der Waals surface area contributed by atoms with Crippen LogP contribution in [0.15, 0.2) is 18.2 Å². The average Bonchev–Trinajstić information content (AvgIpc) is 2.80. The Balaban J connectivity index is 1.72. The predicted molar refractivity (Wildman–Crippen MR) is 95.7 cm³/mol. The Bertz CT molecular complexity index is 740. The molecule has 6 nitrogen and oxygen atoms in total. The fourth-order valence-corrected chi connectivity index (χ4v) is 3.92. The minimum absolute atomic E-state index is 0.0492. The van der Waals surface area contributed by atoms with Crippen LogP contribution >= 0.6 is 23.2 Å². The van der Waals surface area contributed by atoms with E-state index in [-0.39, 0.29) is 23.4 Å². The number of hydrogen-bond acceptors (Lipinski definition) is 3. The van der Waals surface area contributed by atoms with Gasteiger partial charge in [0.1, 0.15) is 12.1 Å². The van der Waals surface area contributed by atoms with Crippen LogP contribution in [0.5, 0.6) is 0 Å². The molecule has 1 aromatic carbocycles. The molecule has 4 amide bonds. The molecule has 1 saturated heterocycles. The number of hydrogen-bond donors (Lipinski definition) is 2. The molecular weight excluding hydrogens is 365 g/mol. The second-order valence-corrected chi connectivity index (χ2v) is 7.37. The Hall–Kier alpha value is -1.79. The summed E-state index contributed by atoms with van der Waals surface area (Å²) >= 11 is 12.0. The van der Waals surface area contributed by atoms with Crippen molar-refractivity contribution in [1.29, 1.82) is 0 Å². The van der Waals surface area contributed by atoms with Crippen molar-refractivity contribution >= 4 is 46.7 Å². The molecule has 134 valence electrons. The maximum atomic E-state index is 12.8. The summed E-state index contributed by atoms with van der Waals surface area (Å²) < 4.78 is 0. The molecular formula is C17H19Cl2N3O3. The van der Waals surface area contributed by atoms with Crippen LogP contribution in [0.25, 0.3) is 0 Å². The van der Waals surface area contributed by atoms with Crippen LogP contribution in [0.2, 0.25) is 10.0 Å². The Morgan fingerprint density at radius 3 is 2.84 bits per heavy atom. The molecule has 2 aliphatic rings. The molecule has 0 radical (unpaired) electrons. The number of imide groups is 1. The van der Waals surface area contributed by atoms with Gasteiger partial charge in [0.25, 0.3) is 5.91 Å². The fourth-order valence-electron chi connectivity index (χ4n) is 3.57. The van der Waals surface area contributed by atoms with Crippen LogP contribution in [0.4, 0.5) is 10.5 Å². The smallest absolute Gasteiger partial charge is 0.323 e. The maximum Gasteiger partial charge on any atom is 0.325 e. The summed E-state index contributed by atoms with van der Waals surface area (Å²) in [5.74, 6) is -0.779. The Kier molecular flexibility index (Phi) is 4.93. The number of nitrogens with zero attached hydrogens (tertiary/aromatic N) is 1. The molecule has 0 bridgehead atoms. The molecule has 1 aliphatic carbocycles. The number of carbonyl (C=O) groups excluding carboxylic acids is 3. The first kappa shape index (κ1) is 18.0. The summed E-state index contributed by atoms with van der Waals surface area (Å²) in [5.41, 5.74) is -0.532. The van der Waals surface area contributed by atoms with Crippen molar-refractivity contribution in [2.75, 3.05) is 11.9 Å². The zero-order valence-corrected chi connectivity index (χ0v) is 15.3. The third kappa shape index (κ3) is 3.20. The van der Waals surface area contributed by atoms with E-state index in [0.29, 0.717) is 17.1 Å². The third-order valence-electron chi connectivity index (χ3n) is 5.03. The van der Waals surface area contributed by atoms with E-state index >= 15 is 0 Å². The molecule has 1 heterocycles. The zero-order chi connectivity index (χ0) is 18.2. The highest BCUT2D eigenvalue weighted by molar-refractivity contribution is 6.44. The second kappa shape index (κ2) is 6.84. The highest BCUT2D eigenvalue weighted by Gasteiger charge is 2.55. The molecule has 1 aliphatic heterocycles. The van der Waals surface area contributed by atoms with Crippen molar-refractivity contribution < 1.29 is 14.4 Å². The number of carbonyl (C=O) groups is 3. The standard InChI is InChI=1S/C17H19Cl2N3O3/c1-10-5-2-3-8-17(10)15(24)22(16(25)21-17)9-13(23)20-12-7-4-6-11(18)14(12)19/h4,6-7,10H,2-3,5,8-9H2,1H3,(H,20,23)(H,21,25)/t10-,17+/m0/s1. The van der Waals surface area contributed by atoms with E-state index in [1.807, 2.05) is 6.92 Å². The zero-order valence-electron chi connectivity index (χ0n) is 13.8. The van der Waals surface area contributed by atoms with Crippen LogP contribution in [0.1, 0.15) is 32.6 Å². The normalized spacial score (nSPS) is 26.0. The predicted octanol–water partition coefficient (Wildman–Crippen LogP) is 3.43. The lowest BCUT2D eigenvalue weighted by atomic mass is 9.73. The van der Waals surface area contributed by atoms with Gasteiger partial charge < -0.3 is 10.6 Å². The average molecular weight is 384 g/mol. The lowest BCUT2D eigenvalue weighted by molar-refractivity contribution is -0.136. The quantitative estimate of drug-likeness (QED) is 0.784. The molecule has 1 spiro atoms. The molecule has 2 N–H and O–H groups in total. The van der Waals surface area contributed by atoms with E-state index in [1.165, 1.54) is 0 Å². The van der Waals surface area contributed by atoms with Gasteiger partial charge in [-0.2, -0.15) is 0 Å². The molecule has 8 heteroatoms. The molecule has 0 aromatic heterocycles. The maximum absolute atomic E-state index is 12.8. The molecule has 0 unspecified atom stereocenters. The lowest BCUT2D eigenvalue weighted by Gasteiger charge is -2.36. The summed E-state index contributed by atoms with van der Waals surface area (Å²) in [7, 11) is 0. The minimum Gasteiger partial charge on any atom is -0.323 e. The van der Waals surface area contributed by atoms with Gasteiger partial charge in [-0.3, -0.25) is 14.5 Å². The molecule has 1 saturated carbocycles. The summed E-state index contributed by atoms with van der Waals surface area (Å²) in [4.78, 5) is 38.4. The highest BCUT2D eigenvalue weighted by Crippen LogP contribution is 2.38. The fraction of sp³-hybridized carbons (Fsp3) is 0.471. The first-order valence-electron chi connectivity index (χ1n) is 8.23.